The van der Waals surface area contributed by atoms with E-state index < -0.39 is 11.5 Å². The summed E-state index contributed by atoms with van der Waals surface area (Å²) >= 11 is 0. The first-order valence-corrected chi connectivity index (χ1v) is 7.14. The van der Waals surface area contributed by atoms with Crippen molar-refractivity contribution in [3.05, 3.63) is 35.4 Å². The molecule has 0 heterocycles. The third-order valence-electron chi connectivity index (χ3n) is 4.60. The zero-order valence-corrected chi connectivity index (χ0v) is 11.3. The summed E-state index contributed by atoms with van der Waals surface area (Å²) in [7, 11) is 0. The molecule has 1 aromatic carbocycles. The van der Waals surface area contributed by atoms with E-state index in [1.54, 1.807) is 0 Å². The molecule has 0 saturated heterocycles. The number of aliphatic hydroxyl groups excluding tert-OH is 1. The first-order valence-electron chi connectivity index (χ1n) is 7.14. The van der Waals surface area contributed by atoms with Gasteiger partial charge in [-0.05, 0) is 24.0 Å². The molecule has 0 bridgehead atoms. The van der Waals surface area contributed by atoms with Gasteiger partial charge >= 0.3 is 0 Å². The number of fused-ring (bicyclic) bond motifs is 1. The molecule has 4 heteroatoms. The van der Waals surface area contributed by atoms with Gasteiger partial charge in [-0.25, -0.2) is 0 Å². The normalized spacial score (nSPS) is 26.8. The quantitative estimate of drug-likeness (QED) is 0.861. The van der Waals surface area contributed by atoms with Crippen molar-refractivity contribution >= 4 is 5.91 Å². The van der Waals surface area contributed by atoms with Gasteiger partial charge in [-0.3, -0.25) is 4.79 Å². The van der Waals surface area contributed by atoms with Crippen LogP contribution in [-0.2, 0) is 11.2 Å². The Morgan fingerprint density at radius 3 is 2.75 bits per heavy atom. The van der Waals surface area contributed by atoms with Crippen LogP contribution in [0.2, 0.25) is 0 Å². The molecular formula is C16H18N2O2. The summed E-state index contributed by atoms with van der Waals surface area (Å²) in [6.45, 7) is 0. The van der Waals surface area contributed by atoms with Gasteiger partial charge in [0.05, 0.1) is 18.2 Å². The predicted molar refractivity (Wildman–Crippen MR) is 73.6 cm³/mol. The van der Waals surface area contributed by atoms with E-state index in [4.69, 9.17) is 0 Å². The number of carbonyl (C=O) groups is 1. The third kappa shape index (κ3) is 1.99. The SMILES string of the molecule is N#CC1(C(=O)N[C@H]2c3ccccc3C[C@H]2O)CCCC1. The predicted octanol–water partition coefficient (Wildman–Crippen LogP) is 1.84. The number of hydrogen-bond donors (Lipinski definition) is 2. The van der Waals surface area contributed by atoms with E-state index in [2.05, 4.69) is 11.4 Å². The zero-order chi connectivity index (χ0) is 14.2. The van der Waals surface area contributed by atoms with E-state index in [0.717, 1.165) is 24.0 Å². The van der Waals surface area contributed by atoms with E-state index in [1.165, 1.54) is 0 Å². The summed E-state index contributed by atoms with van der Waals surface area (Å²) in [5.41, 5.74) is 1.15. The maximum absolute atomic E-state index is 12.5. The highest BCUT2D eigenvalue weighted by Gasteiger charge is 2.44. The molecule has 1 amide bonds. The van der Waals surface area contributed by atoms with Gasteiger partial charge in [0.25, 0.3) is 0 Å². The number of nitriles is 1. The van der Waals surface area contributed by atoms with Crippen LogP contribution in [0.1, 0.15) is 42.9 Å². The Morgan fingerprint density at radius 1 is 1.35 bits per heavy atom. The maximum atomic E-state index is 12.5. The Hall–Kier alpha value is -1.86. The van der Waals surface area contributed by atoms with E-state index >= 15 is 0 Å². The van der Waals surface area contributed by atoms with Crippen LogP contribution in [0.4, 0.5) is 0 Å². The van der Waals surface area contributed by atoms with Crippen LogP contribution in [0.5, 0.6) is 0 Å². The molecule has 0 spiro atoms. The van der Waals surface area contributed by atoms with Crippen LogP contribution in [0.15, 0.2) is 24.3 Å². The summed E-state index contributed by atoms with van der Waals surface area (Å²) in [6, 6.07) is 9.56. The lowest BCUT2D eigenvalue weighted by Crippen LogP contribution is -2.42. The van der Waals surface area contributed by atoms with Crippen molar-refractivity contribution in [2.75, 3.05) is 0 Å². The van der Waals surface area contributed by atoms with Crippen molar-refractivity contribution < 1.29 is 9.90 Å². The molecule has 0 radical (unpaired) electrons. The van der Waals surface area contributed by atoms with Crippen LogP contribution in [0.3, 0.4) is 0 Å². The number of hydrogen-bond acceptors (Lipinski definition) is 3. The number of carbonyl (C=O) groups excluding carboxylic acids is 1. The summed E-state index contributed by atoms with van der Waals surface area (Å²) in [6.07, 6.45) is 3.05. The number of nitrogens with one attached hydrogen (secondary N) is 1. The van der Waals surface area contributed by atoms with Crippen molar-refractivity contribution in [2.24, 2.45) is 5.41 Å². The van der Waals surface area contributed by atoms with Crippen molar-refractivity contribution in [3.63, 3.8) is 0 Å². The van der Waals surface area contributed by atoms with Gasteiger partial charge in [0.15, 0.2) is 0 Å². The van der Waals surface area contributed by atoms with E-state index in [0.29, 0.717) is 19.3 Å². The van der Waals surface area contributed by atoms with Crippen LogP contribution >= 0.6 is 0 Å². The number of nitrogens with zero attached hydrogens (tertiary/aromatic N) is 1. The first-order chi connectivity index (χ1) is 9.66. The molecule has 0 aromatic heterocycles. The second kappa shape index (κ2) is 4.92. The van der Waals surface area contributed by atoms with Gasteiger partial charge in [-0.1, -0.05) is 37.1 Å². The lowest BCUT2D eigenvalue weighted by Gasteiger charge is -2.24. The molecule has 2 N–H and O–H groups in total. The maximum Gasteiger partial charge on any atom is 0.241 e. The fourth-order valence-electron chi connectivity index (χ4n) is 3.40. The van der Waals surface area contributed by atoms with Gasteiger partial charge in [0.2, 0.25) is 5.91 Å². The van der Waals surface area contributed by atoms with E-state index in [-0.39, 0.29) is 11.9 Å². The van der Waals surface area contributed by atoms with Gasteiger partial charge < -0.3 is 10.4 Å². The Balaban J connectivity index is 1.82. The summed E-state index contributed by atoms with van der Waals surface area (Å²) < 4.78 is 0. The minimum Gasteiger partial charge on any atom is -0.390 e. The molecule has 1 fully saturated rings. The fraction of sp³-hybridized carbons (Fsp3) is 0.500. The number of aliphatic hydroxyl groups is 1. The van der Waals surface area contributed by atoms with Crippen LogP contribution < -0.4 is 5.32 Å². The van der Waals surface area contributed by atoms with Crippen molar-refractivity contribution in [1.82, 2.24) is 5.32 Å². The fourth-order valence-corrected chi connectivity index (χ4v) is 3.40. The number of benzene rings is 1. The summed E-state index contributed by atoms with van der Waals surface area (Å²) in [5.74, 6) is -0.224. The molecular weight excluding hydrogens is 252 g/mol. The molecule has 4 nitrogen and oxygen atoms in total. The Morgan fingerprint density at radius 2 is 2.05 bits per heavy atom. The molecule has 2 aliphatic rings. The van der Waals surface area contributed by atoms with Crippen molar-refractivity contribution in [2.45, 2.75) is 44.2 Å². The smallest absolute Gasteiger partial charge is 0.241 e. The molecule has 1 saturated carbocycles. The van der Waals surface area contributed by atoms with Gasteiger partial charge in [-0.15, -0.1) is 0 Å². The van der Waals surface area contributed by atoms with Crippen molar-refractivity contribution in [3.8, 4) is 6.07 Å². The standard InChI is InChI=1S/C16H18N2O2/c17-10-16(7-3-4-8-16)15(20)18-14-12-6-2-1-5-11(12)9-13(14)19/h1-2,5-6,13-14,19H,3-4,7-9H2,(H,18,20)/t13-,14+/m1/s1. The second-order valence-corrected chi connectivity index (χ2v) is 5.82. The zero-order valence-electron chi connectivity index (χ0n) is 11.3. The number of amides is 1. The van der Waals surface area contributed by atoms with Crippen LogP contribution in [0, 0.1) is 16.7 Å². The Bertz CT molecular complexity index is 570. The van der Waals surface area contributed by atoms with E-state index in [1.807, 2.05) is 24.3 Å². The van der Waals surface area contributed by atoms with E-state index in [9.17, 15) is 15.2 Å². The molecule has 2 aliphatic carbocycles. The number of rotatable bonds is 2. The lowest BCUT2D eigenvalue weighted by molar-refractivity contribution is -0.129. The molecule has 104 valence electrons. The van der Waals surface area contributed by atoms with Crippen molar-refractivity contribution in [1.29, 1.82) is 5.26 Å². The first kappa shape index (κ1) is 13.1. The molecule has 0 aliphatic heterocycles. The highest BCUT2D eigenvalue weighted by molar-refractivity contribution is 5.86. The lowest BCUT2D eigenvalue weighted by atomic mass is 9.86. The highest BCUT2D eigenvalue weighted by Crippen LogP contribution is 2.39. The Labute approximate surface area is 118 Å². The third-order valence-corrected chi connectivity index (χ3v) is 4.60. The minimum atomic E-state index is -0.892. The molecule has 1 aromatic rings. The summed E-state index contributed by atoms with van der Waals surface area (Å²) in [5, 5.41) is 22.4. The topological polar surface area (TPSA) is 73.1 Å². The summed E-state index contributed by atoms with van der Waals surface area (Å²) in [4.78, 5) is 12.5. The minimum absolute atomic E-state index is 0.224. The molecule has 20 heavy (non-hydrogen) atoms. The van der Waals surface area contributed by atoms with Gasteiger partial charge in [-0.2, -0.15) is 5.26 Å². The molecule has 3 rings (SSSR count). The molecule has 2 atom stereocenters. The Kier molecular flexibility index (Phi) is 3.23. The highest BCUT2D eigenvalue weighted by atomic mass is 16.3. The second-order valence-electron chi connectivity index (χ2n) is 5.82. The largest absolute Gasteiger partial charge is 0.390 e. The average Bonchev–Trinajstić information content (AvgIpc) is 3.05. The van der Waals surface area contributed by atoms with Gasteiger partial charge in [0, 0.05) is 6.42 Å². The average molecular weight is 270 g/mol. The van der Waals surface area contributed by atoms with Crippen LogP contribution in [0.25, 0.3) is 0 Å². The van der Waals surface area contributed by atoms with Gasteiger partial charge in [0.1, 0.15) is 5.41 Å². The molecule has 0 unspecified atom stereocenters. The monoisotopic (exact) mass is 270 g/mol. The van der Waals surface area contributed by atoms with Crippen LogP contribution in [-0.4, -0.2) is 17.1 Å².